The first-order valence-electron chi connectivity index (χ1n) is 7.69. The van der Waals surface area contributed by atoms with Gasteiger partial charge in [-0.25, -0.2) is 0 Å². The molecule has 4 unspecified atom stereocenters. The fraction of sp³-hybridized carbons (Fsp3) is 1.00. The van der Waals surface area contributed by atoms with Crippen LogP contribution in [0, 0.1) is 17.8 Å². The van der Waals surface area contributed by atoms with Gasteiger partial charge in [-0.2, -0.15) is 0 Å². The van der Waals surface area contributed by atoms with Gasteiger partial charge in [0.05, 0.1) is 0 Å². The molecule has 3 fully saturated rings. The average molecular weight is 236 g/mol. The first kappa shape index (κ1) is 12.0. The van der Waals surface area contributed by atoms with Crippen molar-refractivity contribution < 1.29 is 0 Å². The van der Waals surface area contributed by atoms with E-state index in [1.807, 2.05) is 0 Å². The number of nitrogens with zero attached hydrogens (tertiary/aromatic N) is 1. The summed E-state index contributed by atoms with van der Waals surface area (Å²) in [5.41, 5.74) is 0. The quantitative estimate of drug-likeness (QED) is 0.810. The summed E-state index contributed by atoms with van der Waals surface area (Å²) in [4.78, 5) is 2.71. The summed E-state index contributed by atoms with van der Waals surface area (Å²) in [6.07, 6.45) is 7.25. The molecule has 0 aromatic heterocycles. The molecule has 0 aliphatic carbocycles. The van der Waals surface area contributed by atoms with Crippen LogP contribution in [-0.4, -0.2) is 36.6 Å². The Morgan fingerprint density at radius 3 is 2.18 bits per heavy atom. The van der Waals surface area contributed by atoms with Gasteiger partial charge in [-0.1, -0.05) is 13.8 Å². The van der Waals surface area contributed by atoms with Gasteiger partial charge >= 0.3 is 0 Å². The SMILES string of the molecule is CC1CN(CCC2CC3CCC(C2)N3)CC1C. The highest BCUT2D eigenvalue weighted by atomic mass is 15.1. The predicted octanol–water partition coefficient (Wildman–Crippen LogP) is 2.49. The highest BCUT2D eigenvalue weighted by Crippen LogP contribution is 2.33. The van der Waals surface area contributed by atoms with E-state index in [0.717, 1.165) is 29.8 Å². The maximum atomic E-state index is 3.75. The molecule has 0 aromatic rings. The molecule has 2 nitrogen and oxygen atoms in total. The topological polar surface area (TPSA) is 15.3 Å². The van der Waals surface area contributed by atoms with E-state index in [1.165, 1.54) is 51.7 Å². The second-order valence-corrected chi connectivity index (χ2v) is 6.98. The minimum absolute atomic E-state index is 0.871. The lowest BCUT2D eigenvalue weighted by Gasteiger charge is -2.30. The lowest BCUT2D eigenvalue weighted by molar-refractivity contribution is 0.237. The largest absolute Gasteiger partial charge is 0.311 e. The fourth-order valence-corrected chi connectivity index (χ4v) is 4.21. The van der Waals surface area contributed by atoms with Gasteiger partial charge < -0.3 is 10.2 Å². The predicted molar refractivity (Wildman–Crippen MR) is 72.1 cm³/mol. The summed E-state index contributed by atoms with van der Waals surface area (Å²) in [5, 5.41) is 3.75. The van der Waals surface area contributed by atoms with Crippen LogP contribution in [0.5, 0.6) is 0 Å². The molecular formula is C15H28N2. The number of nitrogens with one attached hydrogen (secondary N) is 1. The molecule has 3 aliphatic heterocycles. The van der Waals surface area contributed by atoms with Crippen LogP contribution in [0.4, 0.5) is 0 Å². The third-order valence-corrected chi connectivity index (χ3v) is 5.49. The first-order chi connectivity index (χ1) is 8.20. The van der Waals surface area contributed by atoms with E-state index in [4.69, 9.17) is 0 Å². The number of fused-ring (bicyclic) bond motifs is 2. The minimum Gasteiger partial charge on any atom is -0.311 e. The maximum absolute atomic E-state index is 3.75. The van der Waals surface area contributed by atoms with Gasteiger partial charge in [-0.05, 0) is 56.4 Å². The minimum atomic E-state index is 0.871. The number of hydrogen-bond donors (Lipinski definition) is 1. The van der Waals surface area contributed by atoms with Crippen molar-refractivity contribution in [2.24, 2.45) is 17.8 Å². The van der Waals surface area contributed by atoms with Crippen LogP contribution in [0.1, 0.15) is 46.0 Å². The molecule has 3 saturated heterocycles. The molecule has 2 heteroatoms. The van der Waals surface area contributed by atoms with Crippen LogP contribution in [0.2, 0.25) is 0 Å². The Morgan fingerprint density at radius 2 is 1.59 bits per heavy atom. The number of piperidine rings is 1. The lowest BCUT2D eigenvalue weighted by Crippen LogP contribution is -2.39. The zero-order valence-electron chi connectivity index (χ0n) is 11.5. The van der Waals surface area contributed by atoms with Gasteiger partial charge in [0.25, 0.3) is 0 Å². The molecule has 98 valence electrons. The van der Waals surface area contributed by atoms with Crippen LogP contribution < -0.4 is 5.32 Å². The van der Waals surface area contributed by atoms with Crippen LogP contribution in [-0.2, 0) is 0 Å². The van der Waals surface area contributed by atoms with Crippen LogP contribution in [0.15, 0.2) is 0 Å². The average Bonchev–Trinajstić information content (AvgIpc) is 2.80. The van der Waals surface area contributed by atoms with E-state index < -0.39 is 0 Å². The van der Waals surface area contributed by atoms with Crippen LogP contribution in [0.25, 0.3) is 0 Å². The Hall–Kier alpha value is -0.0800. The number of likely N-dealkylation sites (tertiary alicyclic amines) is 1. The molecular weight excluding hydrogens is 208 g/mol. The fourth-order valence-electron chi connectivity index (χ4n) is 4.21. The summed E-state index contributed by atoms with van der Waals surface area (Å²) in [7, 11) is 0. The smallest absolute Gasteiger partial charge is 0.00728 e. The lowest BCUT2D eigenvalue weighted by atomic mass is 9.89. The summed E-state index contributed by atoms with van der Waals surface area (Å²) in [5.74, 6) is 2.85. The van der Waals surface area contributed by atoms with E-state index in [9.17, 15) is 0 Å². The Balaban J connectivity index is 1.43. The summed E-state index contributed by atoms with van der Waals surface area (Å²) in [6, 6.07) is 1.74. The van der Waals surface area contributed by atoms with Gasteiger partial charge in [0.15, 0.2) is 0 Å². The molecule has 3 rings (SSSR count). The van der Waals surface area contributed by atoms with Gasteiger partial charge in [0.1, 0.15) is 0 Å². The van der Waals surface area contributed by atoms with Crippen molar-refractivity contribution in [3.8, 4) is 0 Å². The van der Waals surface area contributed by atoms with Gasteiger partial charge in [0, 0.05) is 25.2 Å². The standard InChI is InChI=1S/C15H28N2/c1-11-9-17(10-12(11)2)6-5-13-7-14-3-4-15(8-13)16-14/h11-16H,3-10H2,1-2H3. The number of rotatable bonds is 3. The molecule has 0 amide bonds. The van der Waals surface area contributed by atoms with Crippen molar-refractivity contribution >= 4 is 0 Å². The Kier molecular flexibility index (Phi) is 3.45. The molecule has 4 atom stereocenters. The molecule has 0 spiro atoms. The Labute approximate surface area is 106 Å². The van der Waals surface area contributed by atoms with Crippen molar-refractivity contribution in [1.82, 2.24) is 10.2 Å². The summed E-state index contributed by atoms with van der Waals surface area (Å²) < 4.78 is 0. The van der Waals surface area contributed by atoms with E-state index in [1.54, 1.807) is 0 Å². The highest BCUT2D eigenvalue weighted by molar-refractivity contribution is 4.92. The van der Waals surface area contributed by atoms with Gasteiger partial charge in [0.2, 0.25) is 0 Å². The van der Waals surface area contributed by atoms with E-state index in [0.29, 0.717) is 0 Å². The van der Waals surface area contributed by atoms with Gasteiger partial charge in [-0.3, -0.25) is 0 Å². The zero-order valence-corrected chi connectivity index (χ0v) is 11.5. The van der Waals surface area contributed by atoms with E-state index >= 15 is 0 Å². The normalized spacial score (nSPS) is 46.6. The molecule has 0 radical (unpaired) electrons. The van der Waals surface area contributed by atoms with Gasteiger partial charge in [-0.15, -0.1) is 0 Å². The molecule has 17 heavy (non-hydrogen) atoms. The maximum Gasteiger partial charge on any atom is 0.00728 e. The van der Waals surface area contributed by atoms with Crippen molar-refractivity contribution in [1.29, 1.82) is 0 Å². The second-order valence-electron chi connectivity index (χ2n) is 6.98. The number of hydrogen-bond acceptors (Lipinski definition) is 2. The van der Waals surface area contributed by atoms with E-state index in [2.05, 4.69) is 24.1 Å². The van der Waals surface area contributed by atoms with Crippen molar-refractivity contribution in [2.75, 3.05) is 19.6 Å². The molecule has 1 N–H and O–H groups in total. The zero-order chi connectivity index (χ0) is 11.8. The molecule has 2 bridgehead atoms. The van der Waals surface area contributed by atoms with Crippen LogP contribution >= 0.6 is 0 Å². The molecule has 3 heterocycles. The first-order valence-corrected chi connectivity index (χ1v) is 7.69. The van der Waals surface area contributed by atoms with Crippen molar-refractivity contribution in [3.63, 3.8) is 0 Å². The summed E-state index contributed by atoms with van der Waals surface area (Å²) in [6.45, 7) is 8.88. The van der Waals surface area contributed by atoms with E-state index in [-0.39, 0.29) is 0 Å². The second kappa shape index (κ2) is 4.89. The third-order valence-electron chi connectivity index (χ3n) is 5.49. The highest BCUT2D eigenvalue weighted by Gasteiger charge is 2.34. The Morgan fingerprint density at radius 1 is 1.00 bits per heavy atom. The monoisotopic (exact) mass is 236 g/mol. The van der Waals surface area contributed by atoms with Crippen molar-refractivity contribution in [3.05, 3.63) is 0 Å². The molecule has 0 aromatic carbocycles. The third kappa shape index (κ3) is 2.68. The van der Waals surface area contributed by atoms with Crippen molar-refractivity contribution in [2.45, 2.75) is 58.0 Å². The molecule has 0 saturated carbocycles. The summed E-state index contributed by atoms with van der Waals surface area (Å²) >= 11 is 0. The Bertz CT molecular complexity index is 244. The molecule has 3 aliphatic rings. The van der Waals surface area contributed by atoms with Crippen LogP contribution in [0.3, 0.4) is 0 Å².